The standard InChI is InChI=1S/C10H17N5O2/c1-4-6-8(11)9(14-13-6)10(17)15(3)5-7(16)12-2/h4-5,11H2,1-3H3,(H,12,16)(H,13,14). The molecular weight excluding hydrogens is 222 g/mol. The molecule has 1 aromatic heterocycles. The van der Waals surface area contributed by atoms with Crippen molar-refractivity contribution in [2.24, 2.45) is 0 Å². The van der Waals surface area contributed by atoms with Gasteiger partial charge in [-0.1, -0.05) is 6.92 Å². The van der Waals surface area contributed by atoms with Crippen LogP contribution in [0.25, 0.3) is 0 Å². The van der Waals surface area contributed by atoms with E-state index in [0.29, 0.717) is 12.1 Å². The first-order chi connectivity index (χ1) is 8.01. The van der Waals surface area contributed by atoms with E-state index in [0.717, 1.165) is 5.69 Å². The van der Waals surface area contributed by atoms with Crippen molar-refractivity contribution in [2.45, 2.75) is 13.3 Å². The summed E-state index contributed by atoms with van der Waals surface area (Å²) in [7, 11) is 3.04. The van der Waals surface area contributed by atoms with Crippen LogP contribution < -0.4 is 11.1 Å². The van der Waals surface area contributed by atoms with Crippen LogP contribution in [0.1, 0.15) is 23.1 Å². The molecule has 0 atom stereocenters. The molecule has 2 amide bonds. The van der Waals surface area contributed by atoms with Crippen molar-refractivity contribution in [1.29, 1.82) is 0 Å². The first-order valence-corrected chi connectivity index (χ1v) is 5.30. The van der Waals surface area contributed by atoms with Crippen molar-refractivity contribution >= 4 is 17.5 Å². The third-order valence-electron chi connectivity index (χ3n) is 2.45. The largest absolute Gasteiger partial charge is 0.395 e. The summed E-state index contributed by atoms with van der Waals surface area (Å²) in [4.78, 5) is 24.3. The van der Waals surface area contributed by atoms with E-state index in [2.05, 4.69) is 15.5 Å². The number of nitrogen functional groups attached to an aromatic ring is 1. The zero-order valence-electron chi connectivity index (χ0n) is 10.2. The number of hydrogen-bond acceptors (Lipinski definition) is 4. The summed E-state index contributed by atoms with van der Waals surface area (Å²) in [6, 6.07) is 0. The van der Waals surface area contributed by atoms with Gasteiger partial charge in [0.25, 0.3) is 5.91 Å². The molecule has 7 heteroatoms. The number of aryl methyl sites for hydroxylation is 1. The number of aromatic nitrogens is 2. The van der Waals surface area contributed by atoms with Crippen molar-refractivity contribution in [3.05, 3.63) is 11.4 Å². The van der Waals surface area contributed by atoms with Gasteiger partial charge in [-0.3, -0.25) is 14.7 Å². The van der Waals surface area contributed by atoms with Crippen LogP contribution in [0.2, 0.25) is 0 Å². The van der Waals surface area contributed by atoms with Gasteiger partial charge < -0.3 is 16.0 Å². The summed E-state index contributed by atoms with van der Waals surface area (Å²) < 4.78 is 0. The fourth-order valence-corrected chi connectivity index (χ4v) is 1.37. The second-order valence-corrected chi connectivity index (χ2v) is 3.65. The first kappa shape index (κ1) is 13.0. The van der Waals surface area contributed by atoms with Gasteiger partial charge in [0, 0.05) is 14.1 Å². The quantitative estimate of drug-likeness (QED) is 0.650. The third kappa shape index (κ3) is 2.74. The number of carbonyl (C=O) groups is 2. The van der Waals surface area contributed by atoms with Crippen LogP contribution in [0.15, 0.2) is 0 Å². The number of nitrogens with zero attached hydrogens (tertiary/aromatic N) is 2. The van der Waals surface area contributed by atoms with Gasteiger partial charge in [-0.05, 0) is 6.42 Å². The second-order valence-electron chi connectivity index (χ2n) is 3.65. The molecule has 0 aliphatic carbocycles. The lowest BCUT2D eigenvalue weighted by Gasteiger charge is -2.14. The van der Waals surface area contributed by atoms with E-state index < -0.39 is 0 Å². The molecule has 0 aliphatic rings. The van der Waals surface area contributed by atoms with Crippen molar-refractivity contribution in [1.82, 2.24) is 20.4 Å². The Labute approximate surface area is 99.4 Å². The van der Waals surface area contributed by atoms with Gasteiger partial charge in [0.1, 0.15) is 0 Å². The first-order valence-electron chi connectivity index (χ1n) is 5.30. The molecule has 0 unspecified atom stereocenters. The Hall–Kier alpha value is -2.05. The lowest BCUT2D eigenvalue weighted by Crippen LogP contribution is -2.37. The van der Waals surface area contributed by atoms with E-state index in [1.165, 1.54) is 19.0 Å². The molecule has 0 saturated carbocycles. The zero-order valence-corrected chi connectivity index (χ0v) is 10.2. The Morgan fingerprint density at radius 3 is 2.65 bits per heavy atom. The van der Waals surface area contributed by atoms with Gasteiger partial charge in [0.05, 0.1) is 17.9 Å². The molecule has 0 saturated heterocycles. The second kappa shape index (κ2) is 5.33. The summed E-state index contributed by atoms with van der Waals surface area (Å²) in [5.41, 5.74) is 7.01. The number of nitrogens with one attached hydrogen (secondary N) is 2. The van der Waals surface area contributed by atoms with Gasteiger partial charge >= 0.3 is 0 Å². The molecule has 0 fully saturated rings. The number of nitrogens with two attached hydrogens (primary N) is 1. The smallest absolute Gasteiger partial charge is 0.276 e. The molecule has 0 bridgehead atoms. The van der Waals surface area contributed by atoms with E-state index in [1.807, 2.05) is 6.92 Å². The van der Waals surface area contributed by atoms with Gasteiger partial charge in [-0.15, -0.1) is 0 Å². The molecule has 0 spiro atoms. The van der Waals surface area contributed by atoms with Crippen LogP contribution in [-0.2, 0) is 11.2 Å². The molecule has 4 N–H and O–H groups in total. The number of aromatic amines is 1. The molecule has 1 aromatic rings. The molecule has 0 radical (unpaired) electrons. The number of rotatable bonds is 4. The van der Waals surface area contributed by atoms with E-state index >= 15 is 0 Å². The highest BCUT2D eigenvalue weighted by Crippen LogP contribution is 2.15. The molecule has 1 heterocycles. The van der Waals surface area contributed by atoms with Crippen molar-refractivity contribution < 1.29 is 9.59 Å². The van der Waals surface area contributed by atoms with Crippen molar-refractivity contribution in [3.8, 4) is 0 Å². The molecule has 1 rings (SSSR count). The normalized spacial score (nSPS) is 10.1. The van der Waals surface area contributed by atoms with Crippen molar-refractivity contribution in [3.63, 3.8) is 0 Å². The summed E-state index contributed by atoms with van der Waals surface area (Å²) >= 11 is 0. The minimum absolute atomic E-state index is 0.0247. The molecule has 0 aliphatic heterocycles. The van der Waals surface area contributed by atoms with Crippen LogP contribution in [0.3, 0.4) is 0 Å². The summed E-state index contributed by atoms with van der Waals surface area (Å²) in [5.74, 6) is -0.618. The predicted octanol–water partition coefficient (Wildman–Crippen LogP) is -0.628. The summed E-state index contributed by atoms with van der Waals surface area (Å²) in [6.07, 6.45) is 0.672. The SMILES string of the molecule is CCc1[nH]nc(C(=O)N(C)CC(=O)NC)c1N. The van der Waals surface area contributed by atoms with E-state index in [4.69, 9.17) is 5.73 Å². The highest BCUT2D eigenvalue weighted by atomic mass is 16.2. The number of hydrogen-bond donors (Lipinski definition) is 3. The van der Waals surface area contributed by atoms with Crippen LogP contribution in [0, 0.1) is 0 Å². The van der Waals surface area contributed by atoms with Gasteiger partial charge in [-0.25, -0.2) is 0 Å². The molecule has 0 aromatic carbocycles. The van der Waals surface area contributed by atoms with Gasteiger partial charge in [-0.2, -0.15) is 5.10 Å². The monoisotopic (exact) mass is 239 g/mol. The Morgan fingerprint density at radius 2 is 2.18 bits per heavy atom. The molecule has 7 nitrogen and oxygen atoms in total. The third-order valence-corrected chi connectivity index (χ3v) is 2.45. The summed E-state index contributed by atoms with van der Waals surface area (Å²) in [6.45, 7) is 1.88. The van der Waals surface area contributed by atoms with Crippen LogP contribution in [0.5, 0.6) is 0 Å². The molecule has 17 heavy (non-hydrogen) atoms. The average Bonchev–Trinajstić information content (AvgIpc) is 2.69. The number of carbonyl (C=O) groups excluding carboxylic acids is 2. The molecular formula is C10H17N5O2. The van der Waals surface area contributed by atoms with E-state index in [9.17, 15) is 9.59 Å². The Balaban J connectivity index is 2.81. The lowest BCUT2D eigenvalue weighted by atomic mass is 10.2. The number of amides is 2. The molecule has 94 valence electrons. The van der Waals surface area contributed by atoms with Gasteiger partial charge in [0.15, 0.2) is 5.69 Å². The Bertz CT molecular complexity index is 426. The predicted molar refractivity (Wildman–Crippen MR) is 63.4 cm³/mol. The van der Waals surface area contributed by atoms with Crippen LogP contribution in [0.4, 0.5) is 5.69 Å². The fraction of sp³-hybridized carbons (Fsp3) is 0.500. The number of H-pyrrole nitrogens is 1. The number of anilines is 1. The van der Waals surface area contributed by atoms with E-state index in [1.54, 1.807) is 0 Å². The van der Waals surface area contributed by atoms with Crippen LogP contribution >= 0.6 is 0 Å². The maximum absolute atomic E-state index is 11.9. The van der Waals surface area contributed by atoms with Crippen molar-refractivity contribution in [2.75, 3.05) is 26.4 Å². The minimum atomic E-state index is -0.373. The van der Waals surface area contributed by atoms with Crippen LogP contribution in [-0.4, -0.2) is 47.6 Å². The average molecular weight is 239 g/mol. The Kier molecular flexibility index (Phi) is 4.08. The highest BCUT2D eigenvalue weighted by Gasteiger charge is 2.21. The topological polar surface area (TPSA) is 104 Å². The van der Waals surface area contributed by atoms with E-state index in [-0.39, 0.29) is 24.1 Å². The maximum Gasteiger partial charge on any atom is 0.276 e. The highest BCUT2D eigenvalue weighted by molar-refractivity contribution is 5.99. The minimum Gasteiger partial charge on any atom is -0.395 e. The summed E-state index contributed by atoms with van der Waals surface area (Å²) in [5, 5.41) is 9.01. The lowest BCUT2D eigenvalue weighted by molar-refractivity contribution is -0.121. The number of likely N-dealkylation sites (N-methyl/N-ethyl adjacent to an activating group) is 2. The maximum atomic E-state index is 11.9. The Morgan fingerprint density at radius 1 is 1.53 bits per heavy atom. The fourth-order valence-electron chi connectivity index (χ4n) is 1.37. The zero-order chi connectivity index (χ0) is 13.0. The van der Waals surface area contributed by atoms with Gasteiger partial charge in [0.2, 0.25) is 5.91 Å².